The van der Waals surface area contributed by atoms with Crippen LogP contribution in [0.2, 0.25) is 0 Å². The molecule has 1 saturated heterocycles. The van der Waals surface area contributed by atoms with Gasteiger partial charge in [0.1, 0.15) is 12.7 Å². The van der Waals surface area contributed by atoms with Gasteiger partial charge in [0.05, 0.1) is 12.9 Å². The zero-order valence-electron chi connectivity index (χ0n) is 11.3. The Morgan fingerprint density at radius 3 is 2.35 bits per heavy atom. The molecule has 0 saturated carbocycles. The summed E-state index contributed by atoms with van der Waals surface area (Å²) in [7, 11) is 0. The quantitative estimate of drug-likeness (QED) is 0.286. The smallest absolute Gasteiger partial charge is 0.116 e. The molecular formula is C15H28O2. The average molecular weight is 240 g/mol. The van der Waals surface area contributed by atoms with Gasteiger partial charge in [-0.3, -0.25) is 0 Å². The van der Waals surface area contributed by atoms with Crippen LogP contribution in [-0.2, 0) is 9.47 Å². The van der Waals surface area contributed by atoms with Crippen LogP contribution in [0.1, 0.15) is 64.7 Å². The van der Waals surface area contributed by atoms with Crippen LogP contribution in [0.4, 0.5) is 0 Å². The first-order chi connectivity index (χ1) is 8.43. The van der Waals surface area contributed by atoms with Gasteiger partial charge in [0, 0.05) is 0 Å². The minimum atomic E-state index is 0.378. The Balaban J connectivity index is 1.68. The monoisotopic (exact) mass is 240 g/mol. The molecule has 0 aliphatic carbocycles. The number of epoxide rings is 1. The third kappa shape index (κ3) is 10.4. The molecule has 0 bridgehead atoms. The molecule has 0 radical (unpaired) electrons. The highest BCUT2D eigenvalue weighted by Crippen LogP contribution is 2.10. The van der Waals surface area contributed by atoms with E-state index < -0.39 is 0 Å². The van der Waals surface area contributed by atoms with E-state index in [9.17, 15) is 0 Å². The highest BCUT2D eigenvalue weighted by atomic mass is 16.6. The highest BCUT2D eigenvalue weighted by molar-refractivity contribution is 4.75. The predicted octanol–water partition coefficient (Wildman–Crippen LogP) is 4.45. The Kier molecular flexibility index (Phi) is 9.11. The van der Waals surface area contributed by atoms with Crippen LogP contribution in [0.25, 0.3) is 0 Å². The van der Waals surface area contributed by atoms with Crippen LogP contribution in [0, 0.1) is 0 Å². The number of hydrogen-bond acceptors (Lipinski definition) is 2. The molecule has 0 aromatic rings. The lowest BCUT2D eigenvalue weighted by Gasteiger charge is -2.00. The van der Waals surface area contributed by atoms with Gasteiger partial charge in [0.25, 0.3) is 0 Å². The Bertz CT molecular complexity index is 185. The van der Waals surface area contributed by atoms with Gasteiger partial charge in [0.15, 0.2) is 0 Å². The maximum Gasteiger partial charge on any atom is 0.116 e. The Labute approximate surface area is 106 Å². The second-order valence-electron chi connectivity index (χ2n) is 4.92. The van der Waals surface area contributed by atoms with Gasteiger partial charge >= 0.3 is 0 Å². The number of unbranched alkanes of at least 4 members (excludes halogenated alkanes) is 8. The minimum Gasteiger partial charge on any atom is -0.499 e. The van der Waals surface area contributed by atoms with Crippen molar-refractivity contribution in [3.63, 3.8) is 0 Å². The minimum absolute atomic E-state index is 0.378. The van der Waals surface area contributed by atoms with Crippen LogP contribution in [0.5, 0.6) is 0 Å². The molecule has 0 spiro atoms. The SMILES string of the molecule is CCCCCCCCCCC=COCC1CO1. The first-order valence-electron chi connectivity index (χ1n) is 7.31. The summed E-state index contributed by atoms with van der Waals surface area (Å²) in [5, 5.41) is 0. The molecule has 0 aromatic carbocycles. The van der Waals surface area contributed by atoms with Gasteiger partial charge in [0.2, 0.25) is 0 Å². The maximum atomic E-state index is 5.32. The van der Waals surface area contributed by atoms with Crippen molar-refractivity contribution in [3.8, 4) is 0 Å². The standard InChI is InChI=1S/C15H28O2/c1-2-3-4-5-6-7-8-9-10-11-12-16-13-15-14-17-15/h11-12,15H,2-10,13-14H2,1H3. The van der Waals surface area contributed by atoms with E-state index in [4.69, 9.17) is 9.47 Å². The normalized spacial score (nSPS) is 18.8. The molecule has 17 heavy (non-hydrogen) atoms. The van der Waals surface area contributed by atoms with Crippen LogP contribution in [-0.4, -0.2) is 19.3 Å². The van der Waals surface area contributed by atoms with Crippen molar-refractivity contribution in [2.24, 2.45) is 0 Å². The summed E-state index contributed by atoms with van der Waals surface area (Å²) >= 11 is 0. The van der Waals surface area contributed by atoms with Crippen molar-refractivity contribution < 1.29 is 9.47 Å². The van der Waals surface area contributed by atoms with E-state index in [1.54, 1.807) is 0 Å². The van der Waals surface area contributed by atoms with Crippen molar-refractivity contribution >= 4 is 0 Å². The summed E-state index contributed by atoms with van der Waals surface area (Å²) in [5.74, 6) is 0. The number of rotatable bonds is 12. The molecule has 0 aromatic heterocycles. The lowest BCUT2D eigenvalue weighted by molar-refractivity contribution is 0.211. The molecular weight excluding hydrogens is 212 g/mol. The van der Waals surface area contributed by atoms with Crippen molar-refractivity contribution in [2.45, 2.75) is 70.8 Å². The molecule has 1 rings (SSSR count). The lowest BCUT2D eigenvalue weighted by atomic mass is 10.1. The topological polar surface area (TPSA) is 21.8 Å². The summed E-state index contributed by atoms with van der Waals surface area (Å²) in [5.41, 5.74) is 0. The van der Waals surface area contributed by atoms with E-state index in [0.717, 1.165) is 19.6 Å². The molecule has 1 atom stereocenters. The third-order valence-electron chi connectivity index (χ3n) is 3.10. The van der Waals surface area contributed by atoms with E-state index in [-0.39, 0.29) is 0 Å². The largest absolute Gasteiger partial charge is 0.499 e. The van der Waals surface area contributed by atoms with Gasteiger partial charge in [-0.05, 0) is 18.9 Å². The average Bonchev–Trinajstić information content (AvgIpc) is 3.15. The highest BCUT2D eigenvalue weighted by Gasteiger charge is 2.22. The van der Waals surface area contributed by atoms with Gasteiger partial charge in [-0.1, -0.05) is 51.9 Å². The Hall–Kier alpha value is -0.500. The summed E-state index contributed by atoms with van der Waals surface area (Å²) < 4.78 is 10.4. The fourth-order valence-electron chi connectivity index (χ4n) is 1.86. The second-order valence-corrected chi connectivity index (χ2v) is 4.92. The zero-order valence-corrected chi connectivity index (χ0v) is 11.3. The zero-order chi connectivity index (χ0) is 12.2. The lowest BCUT2D eigenvalue weighted by Crippen LogP contribution is -1.94. The third-order valence-corrected chi connectivity index (χ3v) is 3.10. The molecule has 0 amide bonds. The van der Waals surface area contributed by atoms with E-state index >= 15 is 0 Å². The van der Waals surface area contributed by atoms with Crippen molar-refractivity contribution in [1.82, 2.24) is 0 Å². The number of hydrogen-bond donors (Lipinski definition) is 0. The summed E-state index contributed by atoms with van der Waals surface area (Å²) in [6.07, 6.45) is 16.6. The predicted molar refractivity (Wildman–Crippen MR) is 72.1 cm³/mol. The number of ether oxygens (including phenoxy) is 2. The van der Waals surface area contributed by atoms with Crippen LogP contribution in [0.3, 0.4) is 0 Å². The molecule has 2 heteroatoms. The van der Waals surface area contributed by atoms with Crippen LogP contribution in [0.15, 0.2) is 12.3 Å². The summed E-state index contributed by atoms with van der Waals surface area (Å²) in [4.78, 5) is 0. The van der Waals surface area contributed by atoms with Crippen molar-refractivity contribution in [2.75, 3.05) is 13.2 Å². The molecule has 1 fully saturated rings. The van der Waals surface area contributed by atoms with Crippen molar-refractivity contribution in [1.29, 1.82) is 0 Å². The fraction of sp³-hybridized carbons (Fsp3) is 0.867. The molecule has 100 valence electrons. The molecule has 1 aliphatic rings. The number of allylic oxidation sites excluding steroid dienone is 1. The van der Waals surface area contributed by atoms with Gasteiger partial charge < -0.3 is 9.47 Å². The van der Waals surface area contributed by atoms with Gasteiger partial charge in [-0.15, -0.1) is 0 Å². The van der Waals surface area contributed by atoms with Crippen LogP contribution < -0.4 is 0 Å². The van der Waals surface area contributed by atoms with E-state index in [1.165, 1.54) is 51.4 Å². The van der Waals surface area contributed by atoms with Gasteiger partial charge in [-0.2, -0.15) is 0 Å². The van der Waals surface area contributed by atoms with Gasteiger partial charge in [-0.25, -0.2) is 0 Å². The molecule has 1 unspecified atom stereocenters. The summed E-state index contributed by atoms with van der Waals surface area (Å²) in [6.45, 7) is 3.88. The molecule has 1 heterocycles. The first-order valence-corrected chi connectivity index (χ1v) is 7.31. The Morgan fingerprint density at radius 1 is 1.06 bits per heavy atom. The van der Waals surface area contributed by atoms with Crippen molar-refractivity contribution in [3.05, 3.63) is 12.3 Å². The second kappa shape index (κ2) is 10.6. The van der Waals surface area contributed by atoms with E-state index in [0.29, 0.717) is 6.10 Å². The summed E-state index contributed by atoms with van der Waals surface area (Å²) in [6, 6.07) is 0. The first kappa shape index (κ1) is 14.6. The van der Waals surface area contributed by atoms with E-state index in [2.05, 4.69) is 13.0 Å². The molecule has 2 nitrogen and oxygen atoms in total. The van der Waals surface area contributed by atoms with E-state index in [1.807, 2.05) is 6.26 Å². The Morgan fingerprint density at radius 2 is 1.71 bits per heavy atom. The van der Waals surface area contributed by atoms with Crippen LogP contribution >= 0.6 is 0 Å². The molecule has 0 N–H and O–H groups in total. The fourth-order valence-corrected chi connectivity index (χ4v) is 1.86. The molecule has 1 aliphatic heterocycles. The maximum absolute atomic E-state index is 5.32.